The molecule has 0 fully saturated rings. The topological polar surface area (TPSA) is 105 Å². The highest BCUT2D eigenvalue weighted by Gasteiger charge is 2.37. The van der Waals surface area contributed by atoms with Crippen molar-refractivity contribution in [2.24, 2.45) is 0 Å². The van der Waals surface area contributed by atoms with E-state index in [4.69, 9.17) is 9.26 Å². The van der Waals surface area contributed by atoms with Gasteiger partial charge in [-0.25, -0.2) is 4.79 Å². The number of hydrogen-bond acceptors (Lipinski definition) is 5. The molecule has 0 saturated heterocycles. The van der Waals surface area contributed by atoms with Gasteiger partial charge in [0.2, 0.25) is 7.37 Å². The van der Waals surface area contributed by atoms with E-state index in [0.717, 1.165) is 42.9 Å². The number of benzene rings is 3. The van der Waals surface area contributed by atoms with E-state index in [9.17, 15) is 32.7 Å². The second-order valence-corrected chi connectivity index (χ2v) is 13.9. The summed E-state index contributed by atoms with van der Waals surface area (Å²) in [6, 6.07) is 21.9. The maximum absolute atomic E-state index is 14.2. The van der Waals surface area contributed by atoms with Crippen LogP contribution in [-0.2, 0) is 34.0 Å². The van der Waals surface area contributed by atoms with E-state index in [-0.39, 0.29) is 43.1 Å². The average Bonchev–Trinajstić information content (AvgIpc) is 3.01. The minimum absolute atomic E-state index is 0.0216. The highest BCUT2D eigenvalue weighted by atomic mass is 31.2. The molecule has 45 heavy (non-hydrogen) atoms. The molecular formula is C34H43F3NO6P. The fourth-order valence-corrected chi connectivity index (χ4v) is 7.34. The van der Waals surface area contributed by atoms with Crippen molar-refractivity contribution in [2.45, 2.75) is 75.9 Å². The number of amides is 1. The monoisotopic (exact) mass is 649 g/mol. The van der Waals surface area contributed by atoms with Crippen LogP contribution in [0, 0.1) is 0 Å². The summed E-state index contributed by atoms with van der Waals surface area (Å²) in [6.45, 7) is 1.09. The molecule has 3 rings (SSSR count). The Bertz CT molecular complexity index is 1330. The number of rotatable bonds is 19. The molecule has 3 aromatic carbocycles. The summed E-state index contributed by atoms with van der Waals surface area (Å²) in [6.07, 6.45) is -1.44. The van der Waals surface area contributed by atoms with Crippen LogP contribution < -0.4 is 10.1 Å². The number of ether oxygens (including phenoxy) is 1. The molecule has 3 aromatic rings. The SMILES string of the molecule is CCCCCCCOc1ccc(CCC(CO)(COP(=O)(Cc2ccccc2)Cc2ccccc2)NC(=O)O)cc1C(F)(F)F. The number of hydrogen-bond donors (Lipinski definition) is 3. The fraction of sp³-hybridized carbons (Fsp3) is 0.441. The minimum atomic E-state index is -4.66. The van der Waals surface area contributed by atoms with Crippen molar-refractivity contribution < 1.29 is 42.0 Å². The number of aliphatic hydroxyl groups excluding tert-OH is 1. The number of carboxylic acid groups (broad SMARTS) is 1. The molecule has 1 atom stereocenters. The number of aliphatic hydroxyl groups is 1. The van der Waals surface area contributed by atoms with Crippen molar-refractivity contribution in [3.63, 3.8) is 0 Å². The Kier molecular flexibility index (Phi) is 14.0. The van der Waals surface area contributed by atoms with E-state index in [0.29, 0.717) is 6.42 Å². The molecule has 1 unspecified atom stereocenters. The Morgan fingerprint density at radius 1 is 0.867 bits per heavy atom. The van der Waals surface area contributed by atoms with Crippen LogP contribution in [0.5, 0.6) is 5.75 Å². The molecule has 0 saturated carbocycles. The van der Waals surface area contributed by atoms with Gasteiger partial charge in [-0.2, -0.15) is 13.2 Å². The quantitative estimate of drug-likeness (QED) is 0.0887. The van der Waals surface area contributed by atoms with E-state index in [2.05, 4.69) is 12.2 Å². The van der Waals surface area contributed by atoms with Crippen LogP contribution in [-0.4, -0.2) is 41.7 Å². The van der Waals surface area contributed by atoms with E-state index in [1.807, 2.05) is 60.7 Å². The highest BCUT2D eigenvalue weighted by Crippen LogP contribution is 2.54. The normalized spacial score (nSPS) is 13.3. The molecule has 3 N–H and O–H groups in total. The number of unbranched alkanes of at least 4 members (excludes halogenated alkanes) is 4. The van der Waals surface area contributed by atoms with Gasteiger partial charge in [-0.05, 0) is 48.1 Å². The number of nitrogens with one attached hydrogen (secondary N) is 1. The highest BCUT2D eigenvalue weighted by molar-refractivity contribution is 7.57. The van der Waals surface area contributed by atoms with Crippen molar-refractivity contribution in [2.75, 3.05) is 19.8 Å². The number of halogens is 3. The Labute approximate surface area is 263 Å². The molecule has 0 aliphatic carbocycles. The summed E-state index contributed by atoms with van der Waals surface area (Å²) in [5.41, 5.74) is -0.734. The molecule has 246 valence electrons. The first-order chi connectivity index (χ1) is 21.5. The van der Waals surface area contributed by atoms with Gasteiger partial charge in [0.25, 0.3) is 0 Å². The smallest absolute Gasteiger partial charge is 0.419 e. The summed E-state index contributed by atoms with van der Waals surface area (Å²) < 4.78 is 67.6. The first-order valence-electron chi connectivity index (χ1n) is 15.2. The molecule has 0 heterocycles. The van der Waals surface area contributed by atoms with Crippen LogP contribution >= 0.6 is 7.37 Å². The lowest BCUT2D eigenvalue weighted by atomic mass is 9.92. The number of alkyl halides is 3. The number of aryl methyl sites for hydroxylation is 1. The summed E-state index contributed by atoms with van der Waals surface area (Å²) >= 11 is 0. The standard InChI is InChI=1S/C34H43F3NO6P/c1-2-3-4-5-12-21-43-31-18-17-27(22-30(31)34(35,36)37)19-20-33(25-39,38-32(40)41)26-44-45(42,23-28-13-8-6-9-14-28)24-29-15-10-7-11-16-29/h6-11,13-18,22,38-39H,2-5,12,19-21,23-26H2,1H3,(H,40,41). The van der Waals surface area contributed by atoms with Gasteiger partial charge in [-0.3, -0.25) is 4.57 Å². The first kappa shape index (κ1) is 36.1. The zero-order valence-corrected chi connectivity index (χ0v) is 26.5. The summed E-state index contributed by atoms with van der Waals surface area (Å²) in [4.78, 5) is 11.8. The van der Waals surface area contributed by atoms with Crippen molar-refractivity contribution in [1.82, 2.24) is 5.32 Å². The first-order valence-corrected chi connectivity index (χ1v) is 17.2. The molecule has 0 radical (unpaired) electrons. The lowest BCUT2D eigenvalue weighted by Gasteiger charge is -2.33. The lowest BCUT2D eigenvalue weighted by Crippen LogP contribution is -2.54. The third kappa shape index (κ3) is 12.2. The van der Waals surface area contributed by atoms with Gasteiger partial charge in [0.05, 0.1) is 43.2 Å². The molecule has 11 heteroatoms. The lowest BCUT2D eigenvalue weighted by molar-refractivity contribution is -0.139. The average molecular weight is 650 g/mol. The molecule has 7 nitrogen and oxygen atoms in total. The van der Waals surface area contributed by atoms with Crippen molar-refractivity contribution in [1.29, 1.82) is 0 Å². The van der Waals surface area contributed by atoms with Gasteiger partial charge >= 0.3 is 12.3 Å². The van der Waals surface area contributed by atoms with E-state index < -0.39 is 44.0 Å². The summed E-state index contributed by atoms with van der Waals surface area (Å²) in [7, 11) is -3.48. The molecule has 1 amide bonds. The Morgan fingerprint density at radius 3 is 2.00 bits per heavy atom. The van der Waals surface area contributed by atoms with Gasteiger partial charge < -0.3 is 24.8 Å². The van der Waals surface area contributed by atoms with Crippen molar-refractivity contribution in [3.05, 3.63) is 101 Å². The van der Waals surface area contributed by atoms with Crippen molar-refractivity contribution >= 4 is 13.5 Å². The van der Waals surface area contributed by atoms with Gasteiger partial charge in [0.1, 0.15) is 5.75 Å². The molecule has 0 aliphatic rings. The fourth-order valence-electron chi connectivity index (χ4n) is 5.02. The second-order valence-electron chi connectivity index (χ2n) is 11.3. The zero-order valence-electron chi connectivity index (χ0n) is 25.6. The van der Waals surface area contributed by atoms with Crippen molar-refractivity contribution in [3.8, 4) is 5.75 Å². The van der Waals surface area contributed by atoms with Gasteiger partial charge in [-0.15, -0.1) is 0 Å². The maximum Gasteiger partial charge on any atom is 0.419 e. The van der Waals surface area contributed by atoms with Gasteiger partial charge in [-0.1, -0.05) is 99.3 Å². The summed E-state index contributed by atoms with van der Waals surface area (Å²) in [5, 5.41) is 22.3. The molecule has 0 aliphatic heterocycles. The maximum atomic E-state index is 14.2. The summed E-state index contributed by atoms with van der Waals surface area (Å²) in [5.74, 6) is -0.259. The molecule has 0 spiro atoms. The third-order valence-corrected chi connectivity index (χ3v) is 9.82. The Balaban J connectivity index is 1.78. The van der Waals surface area contributed by atoms with Crippen LogP contribution in [0.4, 0.5) is 18.0 Å². The van der Waals surface area contributed by atoms with E-state index in [1.165, 1.54) is 12.1 Å². The molecule has 0 bridgehead atoms. The number of carbonyl (C=O) groups is 1. The second kappa shape index (κ2) is 17.4. The Morgan fingerprint density at radius 2 is 1.47 bits per heavy atom. The Hall–Kier alpha value is -3.33. The predicted octanol–water partition coefficient (Wildman–Crippen LogP) is 8.68. The molecule has 0 aromatic heterocycles. The van der Waals surface area contributed by atoms with Crippen LogP contribution in [0.1, 0.15) is 67.7 Å². The molecular weight excluding hydrogens is 606 g/mol. The van der Waals surface area contributed by atoms with Crippen LogP contribution in [0.25, 0.3) is 0 Å². The van der Waals surface area contributed by atoms with E-state index in [1.54, 1.807) is 0 Å². The largest absolute Gasteiger partial charge is 0.493 e. The zero-order chi connectivity index (χ0) is 32.8. The van der Waals surface area contributed by atoms with Crippen LogP contribution in [0.3, 0.4) is 0 Å². The third-order valence-electron chi connectivity index (χ3n) is 7.53. The van der Waals surface area contributed by atoms with Gasteiger partial charge in [0.15, 0.2) is 0 Å². The van der Waals surface area contributed by atoms with Gasteiger partial charge in [0, 0.05) is 0 Å². The predicted molar refractivity (Wildman–Crippen MR) is 169 cm³/mol. The minimum Gasteiger partial charge on any atom is -0.493 e. The van der Waals surface area contributed by atoms with E-state index >= 15 is 0 Å². The van der Waals surface area contributed by atoms with Crippen LogP contribution in [0.15, 0.2) is 78.9 Å². The van der Waals surface area contributed by atoms with Crippen LogP contribution in [0.2, 0.25) is 0 Å².